The van der Waals surface area contributed by atoms with E-state index in [1.54, 1.807) is 12.1 Å². The van der Waals surface area contributed by atoms with Crippen LogP contribution in [-0.4, -0.2) is 21.6 Å². The van der Waals surface area contributed by atoms with Crippen molar-refractivity contribution in [1.82, 2.24) is 4.57 Å². The van der Waals surface area contributed by atoms with E-state index in [-0.39, 0.29) is 17.9 Å². The molecule has 1 aromatic heterocycles. The fourth-order valence-electron chi connectivity index (χ4n) is 2.64. The second-order valence-electron chi connectivity index (χ2n) is 5.39. The first-order valence-corrected chi connectivity index (χ1v) is 7.21. The number of aryl methyl sites for hydroxylation is 1. The molecule has 3 rings (SSSR count). The first-order valence-electron chi connectivity index (χ1n) is 7.21. The van der Waals surface area contributed by atoms with Crippen molar-refractivity contribution in [3.8, 4) is 0 Å². The summed E-state index contributed by atoms with van der Waals surface area (Å²) in [5.41, 5.74) is 2.82. The molecule has 0 aliphatic heterocycles. The van der Waals surface area contributed by atoms with Gasteiger partial charge in [-0.2, -0.15) is 0 Å². The van der Waals surface area contributed by atoms with E-state index in [1.807, 2.05) is 42.1 Å². The summed E-state index contributed by atoms with van der Waals surface area (Å²) < 4.78 is 2.00. The number of nitrogens with one attached hydrogen (secondary N) is 1. The average molecular weight is 308 g/mol. The topological polar surface area (TPSA) is 71.3 Å². The lowest BCUT2D eigenvalue weighted by molar-refractivity contribution is -0.115. The van der Waals surface area contributed by atoms with Crippen LogP contribution in [0, 0.1) is 0 Å². The van der Waals surface area contributed by atoms with E-state index in [9.17, 15) is 9.59 Å². The van der Waals surface area contributed by atoms with Gasteiger partial charge in [-0.15, -0.1) is 0 Å². The van der Waals surface area contributed by atoms with E-state index in [4.69, 9.17) is 5.11 Å². The third kappa shape index (κ3) is 3.08. The number of amides is 1. The fourth-order valence-corrected chi connectivity index (χ4v) is 2.64. The quantitative estimate of drug-likeness (QED) is 0.778. The zero-order valence-corrected chi connectivity index (χ0v) is 12.6. The predicted octanol–water partition coefficient (Wildman–Crippen LogP) is 3.06. The first-order chi connectivity index (χ1) is 11.0. The van der Waals surface area contributed by atoms with Crippen LogP contribution in [0.4, 0.5) is 5.69 Å². The minimum Gasteiger partial charge on any atom is -0.478 e. The van der Waals surface area contributed by atoms with Crippen molar-refractivity contribution in [2.75, 3.05) is 5.32 Å². The van der Waals surface area contributed by atoms with Gasteiger partial charge >= 0.3 is 5.97 Å². The molecule has 0 spiro atoms. The summed E-state index contributed by atoms with van der Waals surface area (Å²) in [7, 11) is 1.95. The Morgan fingerprint density at radius 1 is 1.09 bits per heavy atom. The summed E-state index contributed by atoms with van der Waals surface area (Å²) in [5, 5.41) is 12.7. The molecule has 0 aliphatic carbocycles. The van der Waals surface area contributed by atoms with Gasteiger partial charge in [0.15, 0.2) is 0 Å². The molecule has 116 valence electrons. The summed E-state index contributed by atoms with van der Waals surface area (Å²) in [6.07, 6.45) is 2.22. The third-order valence-corrected chi connectivity index (χ3v) is 3.75. The van der Waals surface area contributed by atoms with Crippen LogP contribution in [0.15, 0.2) is 54.7 Å². The van der Waals surface area contributed by atoms with Crippen LogP contribution in [0.25, 0.3) is 10.9 Å². The van der Waals surface area contributed by atoms with Crippen LogP contribution in [0.2, 0.25) is 0 Å². The standard InChI is InChI=1S/C18H16N2O3/c1-20-11-13(15-4-2-3-5-16(15)20)10-17(21)19-14-8-6-12(7-9-14)18(22)23/h2-9,11H,10H2,1H3,(H,19,21)(H,22,23). The normalized spacial score (nSPS) is 10.7. The van der Waals surface area contributed by atoms with Gasteiger partial charge < -0.3 is 15.0 Å². The van der Waals surface area contributed by atoms with Crippen molar-refractivity contribution in [3.05, 3.63) is 65.9 Å². The van der Waals surface area contributed by atoms with Crippen LogP contribution in [0.1, 0.15) is 15.9 Å². The maximum Gasteiger partial charge on any atom is 0.335 e. The van der Waals surface area contributed by atoms with Crippen LogP contribution >= 0.6 is 0 Å². The van der Waals surface area contributed by atoms with E-state index < -0.39 is 5.97 Å². The number of nitrogens with zero attached hydrogens (tertiary/aromatic N) is 1. The molecular formula is C18H16N2O3. The molecule has 0 unspecified atom stereocenters. The predicted molar refractivity (Wildman–Crippen MR) is 88.7 cm³/mol. The minimum absolute atomic E-state index is 0.135. The number of carbonyl (C=O) groups is 2. The zero-order chi connectivity index (χ0) is 16.4. The van der Waals surface area contributed by atoms with Crippen molar-refractivity contribution < 1.29 is 14.7 Å². The molecule has 0 atom stereocenters. The number of carbonyl (C=O) groups excluding carboxylic acids is 1. The number of anilines is 1. The molecule has 0 saturated heterocycles. The van der Waals surface area contributed by atoms with Crippen molar-refractivity contribution in [3.63, 3.8) is 0 Å². The Labute approximate surface area is 133 Å². The Balaban J connectivity index is 1.75. The summed E-state index contributed by atoms with van der Waals surface area (Å²) in [6, 6.07) is 14.0. The second-order valence-corrected chi connectivity index (χ2v) is 5.39. The van der Waals surface area contributed by atoms with E-state index in [2.05, 4.69) is 5.32 Å². The van der Waals surface area contributed by atoms with Gasteiger partial charge in [-0.1, -0.05) is 18.2 Å². The fraction of sp³-hybridized carbons (Fsp3) is 0.111. The SMILES string of the molecule is Cn1cc(CC(=O)Nc2ccc(C(=O)O)cc2)c2ccccc21. The van der Waals surface area contributed by atoms with E-state index in [0.29, 0.717) is 5.69 Å². The number of hydrogen-bond acceptors (Lipinski definition) is 2. The smallest absolute Gasteiger partial charge is 0.335 e. The van der Waals surface area contributed by atoms with Crippen LogP contribution in [-0.2, 0) is 18.3 Å². The molecule has 0 saturated carbocycles. The molecular weight excluding hydrogens is 292 g/mol. The molecule has 1 amide bonds. The molecule has 23 heavy (non-hydrogen) atoms. The first kappa shape index (κ1) is 14.8. The molecule has 0 aliphatic rings. The lowest BCUT2D eigenvalue weighted by Gasteiger charge is -2.05. The summed E-state index contributed by atoms with van der Waals surface area (Å²) >= 11 is 0. The molecule has 2 aromatic carbocycles. The van der Waals surface area contributed by atoms with Crippen molar-refractivity contribution >= 4 is 28.5 Å². The number of benzene rings is 2. The van der Waals surface area contributed by atoms with Gasteiger partial charge in [-0.05, 0) is 35.9 Å². The Morgan fingerprint density at radius 3 is 2.48 bits per heavy atom. The molecule has 0 bridgehead atoms. The van der Waals surface area contributed by atoms with Gasteiger partial charge in [0.05, 0.1) is 12.0 Å². The van der Waals surface area contributed by atoms with Crippen LogP contribution in [0.5, 0.6) is 0 Å². The van der Waals surface area contributed by atoms with Gasteiger partial charge in [-0.25, -0.2) is 4.79 Å². The number of aromatic nitrogens is 1. The maximum absolute atomic E-state index is 12.2. The lowest BCUT2D eigenvalue weighted by Crippen LogP contribution is -2.14. The van der Waals surface area contributed by atoms with Gasteiger partial charge in [0.25, 0.3) is 0 Å². The van der Waals surface area contributed by atoms with Gasteiger partial charge in [0.2, 0.25) is 5.91 Å². The van der Waals surface area contributed by atoms with E-state index in [0.717, 1.165) is 16.5 Å². The number of rotatable bonds is 4. The number of carboxylic acids is 1. The molecule has 5 heteroatoms. The van der Waals surface area contributed by atoms with Gasteiger partial charge in [-0.3, -0.25) is 4.79 Å². The second kappa shape index (κ2) is 5.96. The Bertz CT molecular complexity index is 879. The summed E-state index contributed by atoms with van der Waals surface area (Å²) in [6.45, 7) is 0. The minimum atomic E-state index is -0.987. The number of hydrogen-bond donors (Lipinski definition) is 2. The molecule has 1 heterocycles. The molecule has 0 radical (unpaired) electrons. The highest BCUT2D eigenvalue weighted by atomic mass is 16.4. The molecule has 0 fully saturated rings. The molecule has 2 N–H and O–H groups in total. The van der Waals surface area contributed by atoms with Crippen molar-refractivity contribution in [1.29, 1.82) is 0 Å². The monoisotopic (exact) mass is 308 g/mol. The Hall–Kier alpha value is -3.08. The van der Waals surface area contributed by atoms with Crippen LogP contribution in [0.3, 0.4) is 0 Å². The largest absolute Gasteiger partial charge is 0.478 e. The van der Waals surface area contributed by atoms with E-state index in [1.165, 1.54) is 12.1 Å². The van der Waals surface area contributed by atoms with Crippen molar-refractivity contribution in [2.24, 2.45) is 7.05 Å². The van der Waals surface area contributed by atoms with E-state index >= 15 is 0 Å². The maximum atomic E-state index is 12.2. The summed E-state index contributed by atoms with van der Waals surface area (Å²) in [5.74, 6) is -1.12. The third-order valence-electron chi connectivity index (χ3n) is 3.75. The van der Waals surface area contributed by atoms with Gasteiger partial charge in [0, 0.05) is 29.8 Å². The Kier molecular flexibility index (Phi) is 3.85. The highest BCUT2D eigenvalue weighted by Crippen LogP contribution is 2.21. The van der Waals surface area contributed by atoms with Crippen molar-refractivity contribution in [2.45, 2.75) is 6.42 Å². The Morgan fingerprint density at radius 2 is 1.78 bits per heavy atom. The van der Waals surface area contributed by atoms with Gasteiger partial charge in [0.1, 0.15) is 0 Å². The zero-order valence-electron chi connectivity index (χ0n) is 12.6. The summed E-state index contributed by atoms with van der Waals surface area (Å²) in [4.78, 5) is 23.0. The highest BCUT2D eigenvalue weighted by molar-refractivity contribution is 5.96. The molecule has 3 aromatic rings. The number of carboxylic acid groups (broad SMARTS) is 1. The molecule has 5 nitrogen and oxygen atoms in total. The average Bonchev–Trinajstić information content (AvgIpc) is 2.84. The lowest BCUT2D eigenvalue weighted by atomic mass is 10.1. The van der Waals surface area contributed by atoms with Crippen LogP contribution < -0.4 is 5.32 Å². The number of para-hydroxylation sites is 1. The highest BCUT2D eigenvalue weighted by Gasteiger charge is 2.11. The number of aromatic carboxylic acids is 1. The number of fused-ring (bicyclic) bond motifs is 1.